The highest BCUT2D eigenvalue weighted by Crippen LogP contribution is 2.27. The first kappa shape index (κ1) is 11.6. The maximum absolute atomic E-state index is 11.1. The van der Waals surface area contributed by atoms with Crippen LogP contribution in [0.25, 0.3) is 10.8 Å². The van der Waals surface area contributed by atoms with Crippen LogP contribution in [0.4, 0.5) is 0 Å². The molecule has 0 bridgehead atoms. The van der Waals surface area contributed by atoms with Gasteiger partial charge in [0.25, 0.3) is 0 Å². The Labute approximate surface area is 101 Å². The molecule has 0 N–H and O–H groups in total. The lowest BCUT2D eigenvalue weighted by atomic mass is 10.00. The second kappa shape index (κ2) is 5.00. The Kier molecular flexibility index (Phi) is 3.43. The molecule has 0 unspecified atom stereocenters. The average molecular weight is 228 g/mol. The van der Waals surface area contributed by atoms with Gasteiger partial charge in [0, 0.05) is 0 Å². The first-order valence-corrected chi connectivity index (χ1v) is 5.85. The Bertz CT molecular complexity index is 544. The molecule has 0 saturated carbocycles. The van der Waals surface area contributed by atoms with E-state index in [0.717, 1.165) is 29.9 Å². The number of hydrogen-bond donors (Lipinski definition) is 0. The van der Waals surface area contributed by atoms with E-state index in [9.17, 15) is 4.79 Å². The normalized spacial score (nSPS) is 10.5. The number of rotatable bonds is 4. The SMILES string of the molecule is CCCc1ccc2c(C=O)c(OC)ccc2c1. The molecular weight excluding hydrogens is 212 g/mol. The Morgan fingerprint density at radius 3 is 2.71 bits per heavy atom. The summed E-state index contributed by atoms with van der Waals surface area (Å²) in [5, 5.41) is 2.05. The predicted molar refractivity (Wildman–Crippen MR) is 69.9 cm³/mol. The highest BCUT2D eigenvalue weighted by Gasteiger charge is 2.07. The molecule has 17 heavy (non-hydrogen) atoms. The largest absolute Gasteiger partial charge is 0.496 e. The summed E-state index contributed by atoms with van der Waals surface area (Å²) < 4.78 is 5.19. The van der Waals surface area contributed by atoms with Crippen LogP contribution in [-0.4, -0.2) is 13.4 Å². The third-order valence-electron chi connectivity index (χ3n) is 2.96. The molecule has 0 atom stereocenters. The Hall–Kier alpha value is -1.83. The summed E-state index contributed by atoms with van der Waals surface area (Å²) in [6.45, 7) is 2.16. The van der Waals surface area contributed by atoms with Crippen LogP contribution in [0, 0.1) is 0 Å². The lowest BCUT2D eigenvalue weighted by molar-refractivity contribution is 0.112. The van der Waals surface area contributed by atoms with Crippen molar-refractivity contribution in [1.82, 2.24) is 0 Å². The fourth-order valence-electron chi connectivity index (χ4n) is 2.13. The summed E-state index contributed by atoms with van der Waals surface area (Å²) in [4.78, 5) is 11.1. The van der Waals surface area contributed by atoms with Gasteiger partial charge in [-0.2, -0.15) is 0 Å². The second-order valence-corrected chi connectivity index (χ2v) is 4.10. The van der Waals surface area contributed by atoms with Crippen LogP contribution >= 0.6 is 0 Å². The number of carbonyl (C=O) groups is 1. The van der Waals surface area contributed by atoms with Gasteiger partial charge in [-0.25, -0.2) is 0 Å². The highest BCUT2D eigenvalue weighted by molar-refractivity contribution is 6.01. The summed E-state index contributed by atoms with van der Waals surface area (Å²) >= 11 is 0. The lowest BCUT2D eigenvalue weighted by Gasteiger charge is -2.08. The van der Waals surface area contributed by atoms with Crippen molar-refractivity contribution in [2.75, 3.05) is 7.11 Å². The van der Waals surface area contributed by atoms with E-state index in [2.05, 4.69) is 19.1 Å². The molecule has 2 aromatic rings. The molecule has 0 amide bonds. The molecule has 88 valence electrons. The smallest absolute Gasteiger partial charge is 0.154 e. The van der Waals surface area contributed by atoms with E-state index in [-0.39, 0.29) is 0 Å². The number of aldehydes is 1. The maximum atomic E-state index is 11.1. The fraction of sp³-hybridized carbons (Fsp3) is 0.267. The van der Waals surface area contributed by atoms with E-state index in [1.54, 1.807) is 7.11 Å². The van der Waals surface area contributed by atoms with Crippen molar-refractivity contribution in [3.8, 4) is 5.75 Å². The molecule has 2 nitrogen and oxygen atoms in total. The summed E-state index contributed by atoms with van der Waals surface area (Å²) in [5.74, 6) is 0.635. The highest BCUT2D eigenvalue weighted by atomic mass is 16.5. The molecule has 2 heteroatoms. The van der Waals surface area contributed by atoms with Gasteiger partial charge in [-0.1, -0.05) is 37.6 Å². The van der Waals surface area contributed by atoms with Crippen LogP contribution in [0.1, 0.15) is 29.3 Å². The van der Waals surface area contributed by atoms with E-state index in [1.807, 2.05) is 18.2 Å². The van der Waals surface area contributed by atoms with Gasteiger partial charge in [0.15, 0.2) is 6.29 Å². The number of aryl methyl sites for hydroxylation is 1. The van der Waals surface area contributed by atoms with Gasteiger partial charge >= 0.3 is 0 Å². The van der Waals surface area contributed by atoms with E-state index >= 15 is 0 Å². The van der Waals surface area contributed by atoms with E-state index in [1.165, 1.54) is 5.56 Å². The van der Waals surface area contributed by atoms with Crippen LogP contribution in [-0.2, 0) is 6.42 Å². The molecule has 0 aliphatic rings. The molecule has 2 aromatic carbocycles. The first-order chi connectivity index (χ1) is 8.30. The quantitative estimate of drug-likeness (QED) is 0.747. The molecule has 0 spiro atoms. The zero-order valence-corrected chi connectivity index (χ0v) is 10.2. The average Bonchev–Trinajstić information content (AvgIpc) is 2.37. The molecule has 0 aromatic heterocycles. The minimum absolute atomic E-state index is 0.632. The van der Waals surface area contributed by atoms with Crippen LogP contribution in [0.5, 0.6) is 5.75 Å². The third-order valence-corrected chi connectivity index (χ3v) is 2.96. The number of ether oxygens (including phenoxy) is 1. The number of methoxy groups -OCH3 is 1. The van der Waals surface area contributed by atoms with Crippen LogP contribution < -0.4 is 4.74 Å². The molecule has 0 heterocycles. The second-order valence-electron chi connectivity index (χ2n) is 4.10. The summed E-state index contributed by atoms with van der Waals surface area (Å²) in [6.07, 6.45) is 3.06. The van der Waals surface area contributed by atoms with E-state index in [4.69, 9.17) is 4.74 Å². The fourth-order valence-corrected chi connectivity index (χ4v) is 2.13. The van der Waals surface area contributed by atoms with Gasteiger partial charge in [-0.15, -0.1) is 0 Å². The zero-order valence-electron chi connectivity index (χ0n) is 10.2. The Morgan fingerprint density at radius 2 is 2.06 bits per heavy atom. The van der Waals surface area contributed by atoms with Gasteiger partial charge in [0.1, 0.15) is 5.75 Å². The lowest BCUT2D eigenvalue weighted by Crippen LogP contribution is -1.92. The van der Waals surface area contributed by atoms with Crippen molar-refractivity contribution in [2.24, 2.45) is 0 Å². The van der Waals surface area contributed by atoms with Gasteiger partial charge < -0.3 is 4.74 Å². The van der Waals surface area contributed by atoms with Crippen molar-refractivity contribution in [1.29, 1.82) is 0 Å². The molecule has 0 aliphatic heterocycles. The Morgan fingerprint density at radius 1 is 1.24 bits per heavy atom. The van der Waals surface area contributed by atoms with Gasteiger partial charge in [-0.3, -0.25) is 4.79 Å². The van der Waals surface area contributed by atoms with Gasteiger partial charge in [0.2, 0.25) is 0 Å². The van der Waals surface area contributed by atoms with Crippen molar-refractivity contribution in [2.45, 2.75) is 19.8 Å². The van der Waals surface area contributed by atoms with Crippen molar-refractivity contribution < 1.29 is 9.53 Å². The van der Waals surface area contributed by atoms with Crippen LogP contribution in [0.2, 0.25) is 0 Å². The molecule has 0 radical (unpaired) electrons. The topological polar surface area (TPSA) is 26.3 Å². The molecular formula is C15H16O2. The molecule has 0 aliphatic carbocycles. The van der Waals surface area contributed by atoms with Crippen LogP contribution in [0.15, 0.2) is 30.3 Å². The van der Waals surface area contributed by atoms with E-state index < -0.39 is 0 Å². The van der Waals surface area contributed by atoms with Crippen molar-refractivity contribution >= 4 is 17.1 Å². The standard InChI is InChI=1S/C15H16O2/c1-3-4-11-5-7-13-12(9-11)6-8-15(17-2)14(13)10-16/h5-10H,3-4H2,1-2H3. The molecule has 0 fully saturated rings. The maximum Gasteiger partial charge on any atom is 0.154 e. The first-order valence-electron chi connectivity index (χ1n) is 5.85. The van der Waals surface area contributed by atoms with Gasteiger partial charge in [-0.05, 0) is 28.8 Å². The minimum atomic E-state index is 0.632. The number of hydrogen-bond acceptors (Lipinski definition) is 2. The monoisotopic (exact) mass is 228 g/mol. The third kappa shape index (κ3) is 2.16. The van der Waals surface area contributed by atoms with Crippen LogP contribution in [0.3, 0.4) is 0 Å². The summed E-state index contributed by atoms with van der Waals surface area (Å²) in [7, 11) is 1.58. The number of carbonyl (C=O) groups excluding carboxylic acids is 1. The number of fused-ring (bicyclic) bond motifs is 1. The molecule has 2 rings (SSSR count). The summed E-state index contributed by atoms with van der Waals surface area (Å²) in [6, 6.07) is 10.1. The number of benzene rings is 2. The van der Waals surface area contributed by atoms with Gasteiger partial charge in [0.05, 0.1) is 12.7 Å². The van der Waals surface area contributed by atoms with Crippen molar-refractivity contribution in [3.63, 3.8) is 0 Å². The van der Waals surface area contributed by atoms with E-state index in [0.29, 0.717) is 11.3 Å². The molecule has 0 saturated heterocycles. The zero-order chi connectivity index (χ0) is 12.3. The minimum Gasteiger partial charge on any atom is -0.496 e. The Balaban J connectivity index is 2.62. The van der Waals surface area contributed by atoms with Crippen molar-refractivity contribution in [3.05, 3.63) is 41.5 Å². The predicted octanol–water partition coefficient (Wildman–Crippen LogP) is 3.61. The summed E-state index contributed by atoms with van der Waals surface area (Å²) in [5.41, 5.74) is 1.94.